The minimum Gasteiger partial charge on any atom is -0.457 e. The van der Waals surface area contributed by atoms with E-state index in [1.165, 1.54) is 0 Å². The van der Waals surface area contributed by atoms with Crippen LogP contribution in [0.4, 0.5) is 0 Å². The maximum absolute atomic E-state index is 11.6. The van der Waals surface area contributed by atoms with Crippen LogP contribution in [0.3, 0.4) is 0 Å². The van der Waals surface area contributed by atoms with Gasteiger partial charge in [-0.15, -0.1) is 0 Å². The maximum Gasteiger partial charge on any atom is 0.333 e. The summed E-state index contributed by atoms with van der Waals surface area (Å²) < 4.78 is 5.20. The van der Waals surface area contributed by atoms with Crippen LogP contribution < -0.4 is 0 Å². The molecule has 3 nitrogen and oxygen atoms in total. The van der Waals surface area contributed by atoms with E-state index < -0.39 is 5.60 Å². The molecule has 0 heterocycles. The van der Waals surface area contributed by atoms with Crippen molar-refractivity contribution in [2.24, 2.45) is 5.92 Å². The van der Waals surface area contributed by atoms with Crippen LogP contribution in [0, 0.1) is 17.2 Å². The molecule has 0 amide bonds. The van der Waals surface area contributed by atoms with E-state index in [1.54, 1.807) is 0 Å². The molecule has 0 aliphatic carbocycles. The molecule has 1 atom stereocenters. The number of carbonyl (C=O) groups is 1. The Balaban J connectivity index is 4.10. The fraction of sp³-hybridized carbons (Fsp3) is 0.714. The lowest BCUT2D eigenvalue weighted by Gasteiger charge is -2.20. The van der Waals surface area contributed by atoms with Crippen molar-refractivity contribution in [3.05, 3.63) is 12.2 Å². The van der Waals surface area contributed by atoms with E-state index in [1.807, 2.05) is 27.7 Å². The molecule has 3 heteroatoms. The van der Waals surface area contributed by atoms with E-state index in [4.69, 9.17) is 10.00 Å². The molecule has 17 heavy (non-hydrogen) atoms. The second kappa shape index (κ2) is 7.11. The van der Waals surface area contributed by atoms with Gasteiger partial charge in [-0.3, -0.25) is 0 Å². The van der Waals surface area contributed by atoms with E-state index in [2.05, 4.69) is 12.6 Å². The predicted molar refractivity (Wildman–Crippen MR) is 68.2 cm³/mol. The molecule has 96 valence electrons. The summed E-state index contributed by atoms with van der Waals surface area (Å²) in [7, 11) is 0. The average Bonchev–Trinajstić information content (AvgIpc) is 2.21. The highest BCUT2D eigenvalue weighted by atomic mass is 16.6. The molecule has 0 saturated heterocycles. The number of hydrogen-bond acceptors (Lipinski definition) is 3. The topological polar surface area (TPSA) is 50.1 Å². The highest BCUT2D eigenvalue weighted by Crippen LogP contribution is 2.18. The van der Waals surface area contributed by atoms with Crippen molar-refractivity contribution in [2.45, 2.75) is 59.0 Å². The molecule has 0 fully saturated rings. The Labute approximate surface area is 104 Å². The van der Waals surface area contributed by atoms with Crippen molar-refractivity contribution >= 4 is 5.97 Å². The summed E-state index contributed by atoms with van der Waals surface area (Å²) in [6, 6.07) is 2.25. The van der Waals surface area contributed by atoms with Gasteiger partial charge in [0.1, 0.15) is 5.60 Å². The van der Waals surface area contributed by atoms with Gasteiger partial charge in [0.2, 0.25) is 0 Å². The van der Waals surface area contributed by atoms with Crippen molar-refractivity contribution < 1.29 is 9.53 Å². The van der Waals surface area contributed by atoms with Gasteiger partial charge in [-0.25, -0.2) is 4.79 Å². The third kappa shape index (κ3) is 7.57. The molecule has 0 aromatic heterocycles. The van der Waals surface area contributed by atoms with Gasteiger partial charge in [0.15, 0.2) is 0 Å². The Hall–Kier alpha value is -1.30. The highest BCUT2D eigenvalue weighted by molar-refractivity contribution is 5.87. The first-order chi connectivity index (χ1) is 7.80. The molecule has 0 saturated carbocycles. The SMILES string of the molecule is C=C(CCC(C#N)CCC)C(=O)OC(C)(C)C. The van der Waals surface area contributed by atoms with Gasteiger partial charge in [0.25, 0.3) is 0 Å². The summed E-state index contributed by atoms with van der Waals surface area (Å²) in [4.78, 5) is 11.6. The largest absolute Gasteiger partial charge is 0.457 e. The molecule has 0 aliphatic heterocycles. The van der Waals surface area contributed by atoms with Crippen LogP contribution >= 0.6 is 0 Å². The van der Waals surface area contributed by atoms with Gasteiger partial charge >= 0.3 is 5.97 Å². The zero-order chi connectivity index (χ0) is 13.5. The fourth-order valence-corrected chi connectivity index (χ4v) is 1.42. The van der Waals surface area contributed by atoms with Crippen LogP contribution in [-0.2, 0) is 9.53 Å². The number of nitrogens with zero attached hydrogens (tertiary/aromatic N) is 1. The third-order valence-corrected chi connectivity index (χ3v) is 2.30. The summed E-state index contributed by atoms with van der Waals surface area (Å²) in [5.41, 5.74) is -0.0331. The Morgan fingerprint density at radius 2 is 2.00 bits per heavy atom. The van der Waals surface area contributed by atoms with Crippen molar-refractivity contribution in [3.8, 4) is 6.07 Å². The molecular weight excluding hydrogens is 214 g/mol. The van der Waals surface area contributed by atoms with Crippen molar-refractivity contribution in [2.75, 3.05) is 0 Å². The second-order valence-electron chi connectivity index (χ2n) is 5.26. The van der Waals surface area contributed by atoms with E-state index >= 15 is 0 Å². The van der Waals surface area contributed by atoms with E-state index in [0.29, 0.717) is 18.4 Å². The van der Waals surface area contributed by atoms with Crippen LogP contribution in [0.5, 0.6) is 0 Å². The van der Waals surface area contributed by atoms with Crippen molar-refractivity contribution in [1.82, 2.24) is 0 Å². The molecular formula is C14H23NO2. The Morgan fingerprint density at radius 1 is 1.41 bits per heavy atom. The van der Waals surface area contributed by atoms with Crippen LogP contribution in [-0.4, -0.2) is 11.6 Å². The van der Waals surface area contributed by atoms with Crippen LogP contribution in [0.15, 0.2) is 12.2 Å². The van der Waals surface area contributed by atoms with Gasteiger partial charge < -0.3 is 4.74 Å². The molecule has 1 unspecified atom stereocenters. The molecule has 0 rings (SSSR count). The molecule has 0 aromatic rings. The number of rotatable bonds is 6. The van der Waals surface area contributed by atoms with Gasteiger partial charge in [0, 0.05) is 11.5 Å². The molecule has 0 radical (unpaired) electrons. The first kappa shape index (κ1) is 15.7. The zero-order valence-corrected chi connectivity index (χ0v) is 11.4. The summed E-state index contributed by atoms with van der Waals surface area (Å²) in [5.74, 6) is -0.343. The molecule has 0 aliphatic rings. The summed E-state index contributed by atoms with van der Waals surface area (Å²) in [6.45, 7) is 11.3. The molecule has 0 bridgehead atoms. The van der Waals surface area contributed by atoms with Crippen LogP contribution in [0.1, 0.15) is 53.4 Å². The summed E-state index contributed by atoms with van der Waals surface area (Å²) in [5, 5.41) is 8.90. The normalized spacial score (nSPS) is 12.6. The zero-order valence-electron chi connectivity index (χ0n) is 11.4. The smallest absolute Gasteiger partial charge is 0.333 e. The van der Waals surface area contributed by atoms with Gasteiger partial charge in [-0.05, 0) is 40.0 Å². The number of hydrogen-bond donors (Lipinski definition) is 0. The molecule has 0 N–H and O–H groups in total. The van der Waals surface area contributed by atoms with Gasteiger partial charge in [0.05, 0.1) is 6.07 Å². The average molecular weight is 237 g/mol. The quantitative estimate of drug-likeness (QED) is 0.524. The van der Waals surface area contributed by atoms with Crippen LogP contribution in [0.2, 0.25) is 0 Å². The number of esters is 1. The van der Waals surface area contributed by atoms with Crippen molar-refractivity contribution in [1.29, 1.82) is 5.26 Å². The minimum atomic E-state index is -0.488. The van der Waals surface area contributed by atoms with E-state index in [0.717, 1.165) is 12.8 Å². The Bertz CT molecular complexity index is 307. The van der Waals surface area contributed by atoms with E-state index in [9.17, 15) is 4.79 Å². The van der Waals surface area contributed by atoms with E-state index in [-0.39, 0.29) is 11.9 Å². The summed E-state index contributed by atoms with van der Waals surface area (Å²) in [6.07, 6.45) is 3.07. The molecule has 0 spiro atoms. The lowest BCUT2D eigenvalue weighted by atomic mass is 9.97. The Kier molecular flexibility index (Phi) is 6.57. The van der Waals surface area contributed by atoms with Crippen LogP contribution in [0.25, 0.3) is 0 Å². The molecule has 0 aromatic carbocycles. The predicted octanol–water partition coefficient (Wildman–Crippen LogP) is 3.60. The fourth-order valence-electron chi connectivity index (χ4n) is 1.42. The van der Waals surface area contributed by atoms with Crippen molar-refractivity contribution in [3.63, 3.8) is 0 Å². The number of nitriles is 1. The first-order valence-electron chi connectivity index (χ1n) is 6.11. The number of carbonyl (C=O) groups excluding carboxylic acids is 1. The summed E-state index contributed by atoms with van der Waals surface area (Å²) >= 11 is 0. The first-order valence-corrected chi connectivity index (χ1v) is 6.11. The lowest BCUT2D eigenvalue weighted by Crippen LogP contribution is -2.24. The monoisotopic (exact) mass is 237 g/mol. The van der Waals surface area contributed by atoms with Gasteiger partial charge in [-0.2, -0.15) is 5.26 Å². The minimum absolute atomic E-state index is 0.0131. The Morgan fingerprint density at radius 3 is 2.41 bits per heavy atom. The standard InChI is InChI=1S/C14H23NO2/c1-6-7-12(10-15)9-8-11(2)13(16)17-14(3,4)5/h12H,2,6-9H2,1,3-5H3. The second-order valence-corrected chi connectivity index (χ2v) is 5.26. The highest BCUT2D eigenvalue weighted by Gasteiger charge is 2.19. The third-order valence-electron chi connectivity index (χ3n) is 2.30. The lowest BCUT2D eigenvalue weighted by molar-refractivity contribution is -0.150. The maximum atomic E-state index is 11.6. The number of ether oxygens (including phenoxy) is 1. The van der Waals surface area contributed by atoms with Gasteiger partial charge in [-0.1, -0.05) is 19.9 Å².